The van der Waals surface area contributed by atoms with Crippen LogP contribution in [0.15, 0.2) is 16.8 Å². The molecule has 88 valence electrons. The molecule has 1 aliphatic carbocycles. The van der Waals surface area contributed by atoms with Crippen molar-refractivity contribution in [3.8, 4) is 0 Å². The van der Waals surface area contributed by atoms with Gasteiger partial charge in [-0.25, -0.2) is 0 Å². The van der Waals surface area contributed by atoms with E-state index in [9.17, 15) is 4.79 Å². The number of halogens is 1. The normalized spacial score (nSPS) is 17.6. The van der Waals surface area contributed by atoms with Crippen molar-refractivity contribution < 1.29 is 9.90 Å². The van der Waals surface area contributed by atoms with E-state index in [4.69, 9.17) is 16.7 Å². The average Bonchev–Trinajstić information content (AvgIpc) is 2.97. The van der Waals surface area contributed by atoms with E-state index in [0.717, 1.165) is 19.4 Å². The maximum Gasteiger partial charge on any atom is 0.322 e. The summed E-state index contributed by atoms with van der Waals surface area (Å²) in [6, 6.07) is 2.60. The molecule has 0 bridgehead atoms. The number of carbonyl (C=O) groups is 1. The monoisotopic (exact) mass is 259 g/mol. The summed E-state index contributed by atoms with van der Waals surface area (Å²) < 4.78 is 0. The first-order valence-electron chi connectivity index (χ1n) is 5.29. The number of rotatable bonds is 6. The number of aliphatic carboxylic acids is 1. The van der Waals surface area contributed by atoms with E-state index in [-0.39, 0.29) is 0 Å². The maximum absolute atomic E-state index is 10.7. The van der Waals surface area contributed by atoms with Crippen molar-refractivity contribution in [1.29, 1.82) is 0 Å². The molecule has 1 saturated carbocycles. The molecule has 0 amide bonds. The Hall–Kier alpha value is -0.580. The number of nitrogens with zero attached hydrogens (tertiary/aromatic N) is 1. The van der Waals surface area contributed by atoms with Gasteiger partial charge < -0.3 is 5.11 Å². The Balaban J connectivity index is 1.92. The summed E-state index contributed by atoms with van der Waals surface area (Å²) >= 11 is 7.45. The largest absolute Gasteiger partial charge is 0.480 e. The highest BCUT2D eigenvalue weighted by Crippen LogP contribution is 2.29. The number of carboxylic acids is 1. The van der Waals surface area contributed by atoms with Crippen LogP contribution in [0, 0.1) is 0 Å². The van der Waals surface area contributed by atoms with Crippen LogP contribution in [-0.4, -0.2) is 33.9 Å². The Kier molecular flexibility index (Phi) is 3.84. The van der Waals surface area contributed by atoms with E-state index in [2.05, 4.69) is 16.3 Å². The molecule has 0 radical (unpaired) electrons. The fraction of sp³-hybridized carbons (Fsp3) is 0.545. The van der Waals surface area contributed by atoms with Crippen LogP contribution in [0.4, 0.5) is 0 Å². The lowest BCUT2D eigenvalue weighted by atomic mass is 10.3. The maximum atomic E-state index is 10.7. The van der Waals surface area contributed by atoms with Gasteiger partial charge in [-0.3, -0.25) is 9.69 Å². The van der Waals surface area contributed by atoms with Crippen LogP contribution >= 0.6 is 22.9 Å². The van der Waals surface area contributed by atoms with Gasteiger partial charge in [-0.05, 0) is 35.2 Å². The molecule has 16 heavy (non-hydrogen) atoms. The van der Waals surface area contributed by atoms with Crippen LogP contribution in [0.1, 0.15) is 18.4 Å². The Morgan fingerprint density at radius 1 is 1.69 bits per heavy atom. The Morgan fingerprint density at radius 2 is 2.44 bits per heavy atom. The number of carboxylic acid groups (broad SMARTS) is 1. The lowest BCUT2D eigenvalue weighted by Gasteiger charge is -2.22. The third-order valence-corrected chi connectivity index (χ3v) is 3.75. The second-order valence-electron chi connectivity index (χ2n) is 4.10. The van der Waals surface area contributed by atoms with E-state index in [1.807, 2.05) is 5.38 Å². The standard InChI is InChI=1S/C11H14ClNO2S/c12-10(11(14)15)6-13(9-1-2-9)5-8-3-4-16-7-8/h3-4,7,9-10H,1-2,5-6H2,(H,14,15). The zero-order chi connectivity index (χ0) is 11.5. The summed E-state index contributed by atoms with van der Waals surface area (Å²) in [4.78, 5) is 12.9. The molecule has 0 saturated heterocycles. The molecule has 1 aromatic heterocycles. The SMILES string of the molecule is O=C(O)C(Cl)CN(Cc1ccsc1)C1CC1. The summed E-state index contributed by atoms with van der Waals surface area (Å²) in [5.74, 6) is -0.933. The van der Waals surface area contributed by atoms with Crippen molar-refractivity contribution in [1.82, 2.24) is 4.90 Å². The minimum Gasteiger partial charge on any atom is -0.480 e. The van der Waals surface area contributed by atoms with Gasteiger partial charge in [0.1, 0.15) is 5.38 Å². The van der Waals surface area contributed by atoms with E-state index in [1.165, 1.54) is 5.56 Å². The molecule has 0 aliphatic heterocycles. The topological polar surface area (TPSA) is 40.5 Å². The summed E-state index contributed by atoms with van der Waals surface area (Å²) in [6.07, 6.45) is 2.32. The van der Waals surface area contributed by atoms with E-state index in [0.29, 0.717) is 12.6 Å². The summed E-state index contributed by atoms with van der Waals surface area (Å²) in [6.45, 7) is 1.24. The van der Waals surface area contributed by atoms with Crippen molar-refractivity contribution in [3.63, 3.8) is 0 Å². The molecule has 1 aromatic rings. The molecular weight excluding hydrogens is 246 g/mol. The van der Waals surface area contributed by atoms with Crippen molar-refractivity contribution in [2.75, 3.05) is 6.54 Å². The fourth-order valence-corrected chi connectivity index (χ4v) is 2.52. The van der Waals surface area contributed by atoms with Gasteiger partial charge in [0.25, 0.3) is 0 Å². The molecule has 0 aromatic carbocycles. The van der Waals surface area contributed by atoms with Gasteiger partial charge in [0, 0.05) is 19.1 Å². The van der Waals surface area contributed by atoms with E-state index < -0.39 is 11.3 Å². The minimum absolute atomic E-state index is 0.428. The number of hydrogen-bond acceptors (Lipinski definition) is 3. The van der Waals surface area contributed by atoms with Crippen molar-refractivity contribution in [2.45, 2.75) is 30.8 Å². The molecule has 1 heterocycles. The zero-order valence-corrected chi connectivity index (χ0v) is 10.4. The molecule has 1 atom stereocenters. The van der Waals surface area contributed by atoms with Crippen LogP contribution in [0.5, 0.6) is 0 Å². The van der Waals surface area contributed by atoms with Crippen LogP contribution in [0.25, 0.3) is 0 Å². The van der Waals surface area contributed by atoms with E-state index in [1.54, 1.807) is 11.3 Å². The van der Waals surface area contributed by atoms with Crippen molar-refractivity contribution in [3.05, 3.63) is 22.4 Å². The van der Waals surface area contributed by atoms with Crippen LogP contribution in [0.3, 0.4) is 0 Å². The van der Waals surface area contributed by atoms with Gasteiger partial charge in [-0.1, -0.05) is 0 Å². The first-order valence-corrected chi connectivity index (χ1v) is 6.66. The molecule has 5 heteroatoms. The zero-order valence-electron chi connectivity index (χ0n) is 8.80. The minimum atomic E-state index is -0.933. The number of hydrogen-bond donors (Lipinski definition) is 1. The Bertz CT molecular complexity index is 351. The number of thiophene rings is 1. The third kappa shape index (κ3) is 3.20. The van der Waals surface area contributed by atoms with Crippen molar-refractivity contribution >= 4 is 28.9 Å². The molecule has 1 fully saturated rings. The molecule has 1 aliphatic rings. The van der Waals surface area contributed by atoms with Gasteiger partial charge >= 0.3 is 5.97 Å². The molecule has 3 nitrogen and oxygen atoms in total. The quantitative estimate of drug-likeness (QED) is 0.798. The summed E-state index contributed by atoms with van der Waals surface area (Å²) in [5, 5.41) is 12.1. The molecule has 0 spiro atoms. The number of alkyl halides is 1. The van der Waals surface area contributed by atoms with Gasteiger partial charge in [-0.2, -0.15) is 11.3 Å². The summed E-state index contributed by atoms with van der Waals surface area (Å²) in [5.41, 5.74) is 1.24. The smallest absolute Gasteiger partial charge is 0.322 e. The lowest BCUT2D eigenvalue weighted by Crippen LogP contribution is -2.35. The van der Waals surface area contributed by atoms with Gasteiger partial charge in [0.05, 0.1) is 0 Å². The third-order valence-electron chi connectivity index (χ3n) is 2.69. The van der Waals surface area contributed by atoms with Crippen LogP contribution < -0.4 is 0 Å². The van der Waals surface area contributed by atoms with Crippen molar-refractivity contribution in [2.24, 2.45) is 0 Å². The van der Waals surface area contributed by atoms with Gasteiger partial charge in [0.2, 0.25) is 0 Å². The fourth-order valence-electron chi connectivity index (χ4n) is 1.68. The molecule has 2 rings (SSSR count). The molecule has 1 N–H and O–H groups in total. The van der Waals surface area contributed by atoms with Crippen LogP contribution in [-0.2, 0) is 11.3 Å². The van der Waals surface area contributed by atoms with Gasteiger partial charge in [0.15, 0.2) is 0 Å². The predicted octanol–water partition coefficient (Wildman–Crippen LogP) is 2.40. The van der Waals surface area contributed by atoms with E-state index >= 15 is 0 Å². The highest BCUT2D eigenvalue weighted by atomic mass is 35.5. The molecule has 1 unspecified atom stereocenters. The average molecular weight is 260 g/mol. The molecular formula is C11H14ClNO2S. The highest BCUT2D eigenvalue weighted by molar-refractivity contribution is 7.07. The predicted molar refractivity (Wildman–Crippen MR) is 65.0 cm³/mol. The second kappa shape index (κ2) is 5.17. The van der Waals surface area contributed by atoms with Crippen LogP contribution in [0.2, 0.25) is 0 Å². The highest BCUT2D eigenvalue weighted by Gasteiger charge is 2.31. The first-order chi connectivity index (χ1) is 7.66. The first kappa shape index (κ1) is 11.9. The Morgan fingerprint density at radius 3 is 2.94 bits per heavy atom. The summed E-state index contributed by atoms with van der Waals surface area (Å²) in [7, 11) is 0. The lowest BCUT2D eigenvalue weighted by molar-refractivity contribution is -0.137. The van der Waals surface area contributed by atoms with Gasteiger partial charge in [-0.15, -0.1) is 11.6 Å². The Labute approximate surface area is 104 Å². The second-order valence-corrected chi connectivity index (χ2v) is 5.40.